The predicted octanol–water partition coefficient (Wildman–Crippen LogP) is 0.732. The molecule has 2 saturated heterocycles. The lowest BCUT2D eigenvalue weighted by atomic mass is 10.0. The van der Waals surface area contributed by atoms with Crippen LogP contribution in [0.4, 0.5) is 0 Å². The molecule has 1 aromatic carbocycles. The van der Waals surface area contributed by atoms with Crippen LogP contribution < -0.4 is 4.74 Å². The number of sulfonamides is 2. The molecule has 3 rings (SSSR count). The van der Waals surface area contributed by atoms with E-state index < -0.39 is 26.1 Å². The van der Waals surface area contributed by atoms with Crippen molar-refractivity contribution >= 4 is 26.0 Å². The molecule has 0 spiro atoms. The van der Waals surface area contributed by atoms with Gasteiger partial charge in [-0.05, 0) is 44.0 Å². The fourth-order valence-corrected chi connectivity index (χ4v) is 6.47. The zero-order valence-electron chi connectivity index (χ0n) is 17.4. The second-order valence-electron chi connectivity index (χ2n) is 7.52. The van der Waals surface area contributed by atoms with Crippen molar-refractivity contribution in [3.63, 3.8) is 0 Å². The normalized spacial score (nSPS) is 22.1. The van der Waals surface area contributed by atoms with Gasteiger partial charge >= 0.3 is 0 Å². The average Bonchev–Trinajstić information content (AvgIpc) is 2.73. The summed E-state index contributed by atoms with van der Waals surface area (Å²) in [5.41, 5.74) is 0. The zero-order valence-corrected chi connectivity index (χ0v) is 19.0. The van der Waals surface area contributed by atoms with Gasteiger partial charge in [-0.15, -0.1) is 0 Å². The minimum absolute atomic E-state index is 0.173. The average molecular weight is 460 g/mol. The third-order valence-corrected chi connectivity index (χ3v) is 8.69. The molecule has 2 fully saturated rings. The molecule has 1 amide bonds. The van der Waals surface area contributed by atoms with E-state index in [1.165, 1.54) is 20.7 Å². The SMILES string of the molecule is CCOc1ccc(S(=O)(=O)N2CCN(C(=O)C3CCCCN3S(C)(=O)=O)CC2)cc1. The van der Waals surface area contributed by atoms with Crippen LogP contribution in [0.15, 0.2) is 29.2 Å². The Morgan fingerprint density at radius 2 is 1.63 bits per heavy atom. The first-order valence-electron chi connectivity index (χ1n) is 10.1. The highest BCUT2D eigenvalue weighted by Gasteiger charge is 2.38. The number of hydrogen-bond donors (Lipinski definition) is 0. The fourth-order valence-electron chi connectivity index (χ4n) is 3.93. The van der Waals surface area contributed by atoms with Gasteiger partial charge in [0.2, 0.25) is 26.0 Å². The first-order valence-corrected chi connectivity index (χ1v) is 13.4. The Balaban J connectivity index is 1.65. The summed E-state index contributed by atoms with van der Waals surface area (Å²) in [6.07, 6.45) is 3.16. The molecule has 2 aliphatic heterocycles. The van der Waals surface area contributed by atoms with Crippen LogP contribution in [0.2, 0.25) is 0 Å². The number of piperidine rings is 1. The van der Waals surface area contributed by atoms with E-state index in [1.807, 2.05) is 6.92 Å². The van der Waals surface area contributed by atoms with E-state index in [9.17, 15) is 21.6 Å². The summed E-state index contributed by atoms with van der Waals surface area (Å²) in [5.74, 6) is 0.369. The summed E-state index contributed by atoms with van der Waals surface area (Å²) in [5, 5.41) is 0. The summed E-state index contributed by atoms with van der Waals surface area (Å²) in [4.78, 5) is 14.7. The third kappa shape index (κ3) is 4.96. The van der Waals surface area contributed by atoms with Crippen molar-refractivity contribution in [2.45, 2.75) is 37.1 Å². The Morgan fingerprint density at radius 3 is 2.20 bits per heavy atom. The highest BCUT2D eigenvalue weighted by Crippen LogP contribution is 2.24. The maximum absolute atomic E-state index is 13.0. The first-order chi connectivity index (χ1) is 14.1. The standard InChI is InChI=1S/C19H29N3O6S2/c1-3-28-16-7-9-17(10-8-16)30(26,27)21-14-12-20(13-15-21)19(23)18-6-4-5-11-22(18)29(2,24)25/h7-10,18H,3-6,11-15H2,1-2H3. The smallest absolute Gasteiger partial charge is 0.243 e. The molecule has 11 heteroatoms. The number of hydrogen-bond acceptors (Lipinski definition) is 6. The molecule has 2 heterocycles. The van der Waals surface area contributed by atoms with Crippen LogP contribution in [0.1, 0.15) is 26.2 Å². The van der Waals surface area contributed by atoms with Crippen LogP contribution in [0.5, 0.6) is 5.75 Å². The van der Waals surface area contributed by atoms with E-state index in [0.717, 1.165) is 19.1 Å². The van der Waals surface area contributed by atoms with Crippen molar-refractivity contribution in [1.29, 1.82) is 0 Å². The van der Waals surface area contributed by atoms with E-state index in [2.05, 4.69) is 0 Å². The molecule has 168 valence electrons. The van der Waals surface area contributed by atoms with E-state index in [0.29, 0.717) is 25.3 Å². The number of nitrogens with zero attached hydrogens (tertiary/aromatic N) is 3. The van der Waals surface area contributed by atoms with E-state index >= 15 is 0 Å². The van der Waals surface area contributed by atoms with Gasteiger partial charge in [0.15, 0.2) is 0 Å². The Bertz CT molecular complexity index is 954. The molecule has 0 radical (unpaired) electrons. The molecular formula is C19H29N3O6S2. The van der Waals surface area contributed by atoms with Crippen molar-refractivity contribution in [2.24, 2.45) is 0 Å². The number of carbonyl (C=O) groups is 1. The minimum Gasteiger partial charge on any atom is -0.494 e. The second kappa shape index (κ2) is 9.21. The van der Waals surface area contributed by atoms with E-state index in [1.54, 1.807) is 17.0 Å². The molecule has 1 atom stereocenters. The molecule has 0 N–H and O–H groups in total. The maximum atomic E-state index is 13.0. The Kier molecular flexibility index (Phi) is 7.05. The van der Waals surface area contributed by atoms with Gasteiger partial charge in [-0.1, -0.05) is 6.42 Å². The van der Waals surface area contributed by atoms with Crippen molar-refractivity contribution in [2.75, 3.05) is 45.6 Å². The fraction of sp³-hybridized carbons (Fsp3) is 0.632. The van der Waals surface area contributed by atoms with Crippen LogP contribution in [0, 0.1) is 0 Å². The molecule has 1 aromatic rings. The zero-order chi connectivity index (χ0) is 21.9. The Labute approximate surface area is 178 Å². The summed E-state index contributed by atoms with van der Waals surface area (Å²) >= 11 is 0. The van der Waals surface area contributed by atoms with Crippen LogP contribution in [-0.2, 0) is 24.8 Å². The lowest BCUT2D eigenvalue weighted by Crippen LogP contribution is -2.57. The number of ether oxygens (including phenoxy) is 1. The molecule has 0 aliphatic carbocycles. The summed E-state index contributed by atoms with van der Waals surface area (Å²) in [7, 11) is -7.14. The van der Waals surface area contributed by atoms with Gasteiger partial charge in [0.1, 0.15) is 11.8 Å². The molecule has 0 aromatic heterocycles. The number of piperazine rings is 1. The van der Waals surface area contributed by atoms with E-state index in [-0.39, 0.29) is 37.0 Å². The molecule has 30 heavy (non-hydrogen) atoms. The molecule has 0 bridgehead atoms. The van der Waals surface area contributed by atoms with Gasteiger partial charge in [0.25, 0.3) is 0 Å². The van der Waals surface area contributed by atoms with Crippen LogP contribution in [-0.4, -0.2) is 87.9 Å². The monoisotopic (exact) mass is 459 g/mol. The van der Waals surface area contributed by atoms with Gasteiger partial charge in [-0.3, -0.25) is 4.79 Å². The van der Waals surface area contributed by atoms with Gasteiger partial charge < -0.3 is 9.64 Å². The summed E-state index contributed by atoms with van der Waals surface area (Å²) in [6, 6.07) is 5.59. The van der Waals surface area contributed by atoms with Crippen molar-refractivity contribution in [3.8, 4) is 5.75 Å². The Morgan fingerprint density at radius 1 is 1.00 bits per heavy atom. The van der Waals surface area contributed by atoms with Crippen molar-refractivity contribution in [1.82, 2.24) is 13.5 Å². The largest absolute Gasteiger partial charge is 0.494 e. The third-order valence-electron chi connectivity index (χ3n) is 5.49. The number of carbonyl (C=O) groups excluding carboxylic acids is 1. The molecular weight excluding hydrogens is 430 g/mol. The van der Waals surface area contributed by atoms with Gasteiger partial charge in [0.05, 0.1) is 17.8 Å². The molecule has 1 unspecified atom stereocenters. The summed E-state index contributed by atoms with van der Waals surface area (Å²) in [6.45, 7) is 3.53. The highest BCUT2D eigenvalue weighted by atomic mass is 32.2. The lowest BCUT2D eigenvalue weighted by molar-refractivity contribution is -0.137. The van der Waals surface area contributed by atoms with Crippen molar-refractivity contribution < 1.29 is 26.4 Å². The molecule has 0 saturated carbocycles. The maximum Gasteiger partial charge on any atom is 0.243 e. The van der Waals surface area contributed by atoms with Crippen LogP contribution in [0.25, 0.3) is 0 Å². The highest BCUT2D eigenvalue weighted by molar-refractivity contribution is 7.89. The van der Waals surface area contributed by atoms with E-state index in [4.69, 9.17) is 4.74 Å². The Hall–Kier alpha value is -1.69. The molecule has 9 nitrogen and oxygen atoms in total. The topological polar surface area (TPSA) is 104 Å². The predicted molar refractivity (Wildman–Crippen MR) is 112 cm³/mol. The van der Waals surface area contributed by atoms with Gasteiger partial charge in [0, 0.05) is 32.7 Å². The quantitative estimate of drug-likeness (QED) is 0.621. The lowest BCUT2D eigenvalue weighted by Gasteiger charge is -2.39. The van der Waals surface area contributed by atoms with Crippen LogP contribution >= 0.6 is 0 Å². The van der Waals surface area contributed by atoms with Crippen LogP contribution in [0.3, 0.4) is 0 Å². The second-order valence-corrected chi connectivity index (χ2v) is 11.4. The summed E-state index contributed by atoms with van der Waals surface area (Å²) < 4.78 is 57.9. The minimum atomic E-state index is -3.67. The molecule has 2 aliphatic rings. The number of rotatable bonds is 6. The number of amides is 1. The first kappa shape index (κ1) is 23.0. The number of benzene rings is 1. The van der Waals surface area contributed by atoms with Gasteiger partial charge in [-0.2, -0.15) is 8.61 Å². The van der Waals surface area contributed by atoms with Crippen molar-refractivity contribution in [3.05, 3.63) is 24.3 Å². The van der Waals surface area contributed by atoms with Gasteiger partial charge in [-0.25, -0.2) is 16.8 Å².